The Balaban J connectivity index is 2.30. The van der Waals surface area contributed by atoms with Crippen molar-refractivity contribution < 1.29 is 23.9 Å². The highest BCUT2D eigenvalue weighted by molar-refractivity contribution is 6.62. The molecular formula is C16H23BO5. The van der Waals surface area contributed by atoms with Gasteiger partial charge in [-0.05, 0) is 52.2 Å². The standard InChI is InChI=1S/C16H23BO5/c1-11(19)13-10-12(6-7-14(13)20-9-8-18)17-21-15(2,3)16(4,5)22-17/h6-7,10,18H,8-9H2,1-5H3. The van der Waals surface area contributed by atoms with Crippen molar-refractivity contribution in [3.8, 4) is 5.75 Å². The molecule has 22 heavy (non-hydrogen) atoms. The van der Waals surface area contributed by atoms with Gasteiger partial charge in [0.2, 0.25) is 0 Å². The van der Waals surface area contributed by atoms with Crippen molar-refractivity contribution in [3.05, 3.63) is 23.8 Å². The number of rotatable bonds is 5. The Morgan fingerprint density at radius 2 is 1.82 bits per heavy atom. The average molecular weight is 306 g/mol. The molecule has 120 valence electrons. The molecule has 1 saturated heterocycles. The highest BCUT2D eigenvalue weighted by atomic mass is 16.7. The van der Waals surface area contributed by atoms with Crippen LogP contribution < -0.4 is 10.2 Å². The lowest BCUT2D eigenvalue weighted by molar-refractivity contribution is 0.00578. The molecule has 6 heteroatoms. The fourth-order valence-corrected chi connectivity index (χ4v) is 2.23. The predicted octanol–water partition coefficient (Wildman–Crippen LogP) is 1.56. The molecular weight excluding hydrogens is 283 g/mol. The third-order valence-corrected chi connectivity index (χ3v) is 4.26. The first-order chi connectivity index (χ1) is 10.2. The molecule has 1 aromatic carbocycles. The van der Waals surface area contributed by atoms with Crippen LogP contribution in [0.25, 0.3) is 0 Å². The molecule has 1 N–H and O–H groups in total. The topological polar surface area (TPSA) is 65.0 Å². The van der Waals surface area contributed by atoms with Gasteiger partial charge < -0.3 is 19.2 Å². The first kappa shape index (κ1) is 17.0. The molecule has 1 aliphatic rings. The zero-order valence-electron chi connectivity index (χ0n) is 13.8. The number of ketones is 1. The Kier molecular flexibility index (Phi) is 4.66. The quantitative estimate of drug-likeness (QED) is 0.660. The summed E-state index contributed by atoms with van der Waals surface area (Å²) in [6.45, 7) is 9.46. The summed E-state index contributed by atoms with van der Waals surface area (Å²) in [7, 11) is -0.519. The van der Waals surface area contributed by atoms with Crippen molar-refractivity contribution in [2.45, 2.75) is 45.8 Å². The molecule has 1 fully saturated rings. The van der Waals surface area contributed by atoms with Gasteiger partial charge in [-0.15, -0.1) is 0 Å². The van der Waals surface area contributed by atoms with Crippen LogP contribution in [0.2, 0.25) is 0 Å². The van der Waals surface area contributed by atoms with Gasteiger partial charge in [0, 0.05) is 0 Å². The molecule has 0 spiro atoms. The molecule has 0 aromatic heterocycles. The Bertz CT molecular complexity index is 552. The molecule has 0 bridgehead atoms. The fraction of sp³-hybridized carbons (Fsp3) is 0.562. The number of carbonyl (C=O) groups excluding carboxylic acids is 1. The van der Waals surface area contributed by atoms with Crippen LogP contribution in [-0.4, -0.2) is 42.4 Å². The van der Waals surface area contributed by atoms with E-state index in [1.165, 1.54) is 6.92 Å². The van der Waals surface area contributed by atoms with E-state index in [1.54, 1.807) is 12.1 Å². The highest BCUT2D eigenvalue weighted by Gasteiger charge is 2.51. The summed E-state index contributed by atoms with van der Waals surface area (Å²) in [5.74, 6) is 0.355. The van der Waals surface area contributed by atoms with E-state index >= 15 is 0 Å². The largest absolute Gasteiger partial charge is 0.494 e. The zero-order valence-corrected chi connectivity index (χ0v) is 13.8. The third-order valence-electron chi connectivity index (χ3n) is 4.26. The van der Waals surface area contributed by atoms with Crippen molar-refractivity contribution >= 4 is 18.4 Å². The van der Waals surface area contributed by atoms with Crippen molar-refractivity contribution in [1.82, 2.24) is 0 Å². The van der Waals surface area contributed by atoms with E-state index in [0.29, 0.717) is 11.3 Å². The molecule has 5 nitrogen and oxygen atoms in total. The van der Waals surface area contributed by atoms with Crippen LogP contribution in [0.5, 0.6) is 5.75 Å². The van der Waals surface area contributed by atoms with Crippen molar-refractivity contribution in [2.24, 2.45) is 0 Å². The van der Waals surface area contributed by atoms with E-state index in [4.69, 9.17) is 19.2 Å². The van der Waals surface area contributed by atoms with Gasteiger partial charge in [0.15, 0.2) is 5.78 Å². The summed E-state index contributed by atoms with van der Waals surface area (Å²) in [6, 6.07) is 5.27. The van der Waals surface area contributed by atoms with Crippen LogP contribution >= 0.6 is 0 Å². The lowest BCUT2D eigenvalue weighted by atomic mass is 9.78. The predicted molar refractivity (Wildman–Crippen MR) is 84.7 cm³/mol. The number of hydrogen-bond donors (Lipinski definition) is 1. The van der Waals surface area contributed by atoms with Gasteiger partial charge in [-0.3, -0.25) is 4.79 Å². The van der Waals surface area contributed by atoms with E-state index in [2.05, 4.69) is 0 Å². The van der Waals surface area contributed by atoms with Crippen molar-refractivity contribution in [1.29, 1.82) is 0 Å². The number of Topliss-reactive ketones (excluding diaryl/α,β-unsaturated/α-hetero) is 1. The van der Waals surface area contributed by atoms with Gasteiger partial charge in [-0.25, -0.2) is 0 Å². The minimum absolute atomic E-state index is 0.101. The third kappa shape index (κ3) is 3.19. The molecule has 0 saturated carbocycles. The van der Waals surface area contributed by atoms with Crippen molar-refractivity contribution in [2.75, 3.05) is 13.2 Å². The Morgan fingerprint density at radius 3 is 2.32 bits per heavy atom. The summed E-state index contributed by atoms with van der Waals surface area (Å²) < 4.78 is 17.4. The van der Waals surface area contributed by atoms with E-state index in [9.17, 15) is 4.79 Å². The van der Waals surface area contributed by atoms with Gasteiger partial charge in [0.25, 0.3) is 0 Å². The SMILES string of the molecule is CC(=O)c1cc(B2OC(C)(C)C(C)(C)O2)ccc1OCCO. The molecule has 1 heterocycles. The summed E-state index contributed by atoms with van der Waals surface area (Å²) in [5.41, 5.74) is 0.376. The van der Waals surface area contributed by atoms with Gasteiger partial charge in [-0.2, -0.15) is 0 Å². The van der Waals surface area contributed by atoms with Crippen molar-refractivity contribution in [3.63, 3.8) is 0 Å². The Labute approximate surface area is 131 Å². The molecule has 0 radical (unpaired) electrons. The molecule has 0 atom stereocenters. The van der Waals surface area contributed by atoms with Gasteiger partial charge in [-0.1, -0.05) is 6.07 Å². The van der Waals surface area contributed by atoms with Gasteiger partial charge in [0.05, 0.1) is 23.4 Å². The maximum atomic E-state index is 11.8. The number of aliphatic hydroxyl groups excluding tert-OH is 1. The summed E-state index contributed by atoms with van der Waals surface area (Å²) >= 11 is 0. The monoisotopic (exact) mass is 306 g/mol. The smallest absolute Gasteiger partial charge is 0.490 e. The van der Waals surface area contributed by atoms with E-state index in [-0.39, 0.29) is 19.0 Å². The number of benzene rings is 1. The maximum absolute atomic E-state index is 11.8. The van der Waals surface area contributed by atoms with Crippen LogP contribution in [0.3, 0.4) is 0 Å². The van der Waals surface area contributed by atoms with Crippen LogP contribution in [-0.2, 0) is 9.31 Å². The van der Waals surface area contributed by atoms with Gasteiger partial charge >= 0.3 is 7.12 Å². The van der Waals surface area contributed by atoms with Gasteiger partial charge in [0.1, 0.15) is 12.4 Å². The second-order valence-corrected chi connectivity index (χ2v) is 6.47. The van der Waals surface area contributed by atoms with E-state index < -0.39 is 18.3 Å². The number of carbonyl (C=O) groups is 1. The summed E-state index contributed by atoms with van der Waals surface area (Å²) in [5, 5.41) is 8.85. The van der Waals surface area contributed by atoms with Crippen LogP contribution in [0.15, 0.2) is 18.2 Å². The van der Waals surface area contributed by atoms with Crippen LogP contribution in [0.4, 0.5) is 0 Å². The Morgan fingerprint density at radius 1 is 1.23 bits per heavy atom. The second-order valence-electron chi connectivity index (χ2n) is 6.47. The number of hydrogen-bond acceptors (Lipinski definition) is 5. The Hall–Kier alpha value is -1.37. The first-order valence-corrected chi connectivity index (χ1v) is 7.42. The van der Waals surface area contributed by atoms with Crippen LogP contribution in [0, 0.1) is 0 Å². The molecule has 0 aliphatic carbocycles. The van der Waals surface area contributed by atoms with Crippen LogP contribution in [0.1, 0.15) is 45.0 Å². The lowest BCUT2D eigenvalue weighted by Crippen LogP contribution is -2.41. The minimum Gasteiger partial charge on any atom is -0.490 e. The summed E-state index contributed by atoms with van der Waals surface area (Å²) in [4.78, 5) is 11.8. The maximum Gasteiger partial charge on any atom is 0.494 e. The molecule has 0 amide bonds. The zero-order chi connectivity index (χ0) is 16.5. The molecule has 1 aromatic rings. The minimum atomic E-state index is -0.519. The number of aliphatic hydroxyl groups is 1. The lowest BCUT2D eigenvalue weighted by Gasteiger charge is -2.32. The second kappa shape index (κ2) is 6.03. The molecule has 1 aliphatic heterocycles. The average Bonchev–Trinajstić information content (AvgIpc) is 2.65. The van der Waals surface area contributed by atoms with E-state index in [1.807, 2.05) is 33.8 Å². The first-order valence-electron chi connectivity index (χ1n) is 7.42. The molecule has 2 rings (SSSR count). The normalized spacial score (nSPS) is 19.3. The summed E-state index contributed by atoms with van der Waals surface area (Å²) in [6.07, 6.45) is 0. The number of ether oxygens (including phenoxy) is 1. The van der Waals surface area contributed by atoms with E-state index in [0.717, 1.165) is 5.46 Å². The highest BCUT2D eigenvalue weighted by Crippen LogP contribution is 2.36. The molecule has 0 unspecified atom stereocenters. The fourth-order valence-electron chi connectivity index (χ4n) is 2.23.